The summed E-state index contributed by atoms with van der Waals surface area (Å²) in [6, 6.07) is 18.0. The number of amides is 1. The third kappa shape index (κ3) is 3.37. The fraction of sp³-hybridized carbons (Fsp3) is 0.316. The SMILES string of the molecule is NC(Cc1ccccc1)C(=O)N1CCc2ccccc2CC1. The van der Waals surface area contributed by atoms with Crippen LogP contribution in [0.2, 0.25) is 0 Å². The van der Waals surface area contributed by atoms with Crippen LogP contribution in [0.4, 0.5) is 0 Å². The highest BCUT2D eigenvalue weighted by molar-refractivity contribution is 5.82. The highest BCUT2D eigenvalue weighted by Crippen LogP contribution is 2.16. The molecule has 0 aromatic heterocycles. The summed E-state index contributed by atoms with van der Waals surface area (Å²) in [5, 5.41) is 0. The molecule has 0 radical (unpaired) electrons. The zero-order chi connectivity index (χ0) is 15.4. The van der Waals surface area contributed by atoms with E-state index in [1.807, 2.05) is 35.2 Å². The lowest BCUT2D eigenvalue weighted by molar-refractivity contribution is -0.132. The predicted molar refractivity (Wildman–Crippen MR) is 88.6 cm³/mol. The van der Waals surface area contributed by atoms with Crippen molar-refractivity contribution in [1.29, 1.82) is 0 Å². The normalized spacial score (nSPS) is 15.8. The minimum absolute atomic E-state index is 0.0664. The van der Waals surface area contributed by atoms with Gasteiger partial charge in [0.1, 0.15) is 0 Å². The first-order valence-corrected chi connectivity index (χ1v) is 7.89. The molecule has 1 aliphatic heterocycles. The summed E-state index contributed by atoms with van der Waals surface area (Å²) in [5.74, 6) is 0.0664. The Kier molecular flexibility index (Phi) is 4.54. The fourth-order valence-corrected chi connectivity index (χ4v) is 3.08. The molecule has 3 nitrogen and oxygen atoms in total. The number of nitrogens with zero attached hydrogens (tertiary/aromatic N) is 1. The molecule has 2 aromatic rings. The monoisotopic (exact) mass is 294 g/mol. The van der Waals surface area contributed by atoms with E-state index in [9.17, 15) is 4.79 Å². The van der Waals surface area contributed by atoms with Gasteiger partial charge in [0.25, 0.3) is 0 Å². The molecule has 1 unspecified atom stereocenters. The van der Waals surface area contributed by atoms with Crippen molar-refractivity contribution in [1.82, 2.24) is 4.90 Å². The molecule has 22 heavy (non-hydrogen) atoms. The molecule has 2 aromatic carbocycles. The van der Waals surface area contributed by atoms with Gasteiger partial charge < -0.3 is 10.6 Å². The van der Waals surface area contributed by atoms with Crippen molar-refractivity contribution in [3.05, 3.63) is 71.3 Å². The molecule has 3 rings (SSSR count). The highest BCUT2D eigenvalue weighted by atomic mass is 16.2. The van der Waals surface area contributed by atoms with Crippen LogP contribution in [0.5, 0.6) is 0 Å². The summed E-state index contributed by atoms with van der Waals surface area (Å²) >= 11 is 0. The van der Waals surface area contributed by atoms with Crippen LogP contribution in [0.25, 0.3) is 0 Å². The molecular formula is C19H22N2O. The maximum absolute atomic E-state index is 12.6. The van der Waals surface area contributed by atoms with Crippen LogP contribution < -0.4 is 5.73 Å². The van der Waals surface area contributed by atoms with E-state index in [0.29, 0.717) is 6.42 Å². The zero-order valence-corrected chi connectivity index (χ0v) is 12.7. The van der Waals surface area contributed by atoms with E-state index in [1.54, 1.807) is 0 Å². The number of hydrogen-bond acceptors (Lipinski definition) is 2. The number of fused-ring (bicyclic) bond motifs is 1. The van der Waals surface area contributed by atoms with Gasteiger partial charge in [0.15, 0.2) is 0 Å². The number of nitrogens with two attached hydrogens (primary N) is 1. The number of carbonyl (C=O) groups is 1. The molecule has 2 N–H and O–H groups in total. The molecule has 114 valence electrons. The van der Waals surface area contributed by atoms with Crippen LogP contribution in [0.3, 0.4) is 0 Å². The third-order valence-electron chi connectivity index (χ3n) is 4.35. The Morgan fingerprint density at radius 2 is 1.50 bits per heavy atom. The van der Waals surface area contributed by atoms with E-state index in [4.69, 9.17) is 5.73 Å². The number of rotatable bonds is 3. The maximum atomic E-state index is 12.6. The van der Waals surface area contributed by atoms with E-state index in [-0.39, 0.29) is 5.91 Å². The number of hydrogen-bond donors (Lipinski definition) is 1. The second kappa shape index (κ2) is 6.75. The van der Waals surface area contributed by atoms with Gasteiger partial charge in [-0.2, -0.15) is 0 Å². The maximum Gasteiger partial charge on any atom is 0.239 e. The largest absolute Gasteiger partial charge is 0.341 e. The Balaban J connectivity index is 1.63. The van der Waals surface area contributed by atoms with Crippen LogP contribution in [0, 0.1) is 0 Å². The van der Waals surface area contributed by atoms with Gasteiger partial charge in [-0.25, -0.2) is 0 Å². The van der Waals surface area contributed by atoms with Crippen molar-refractivity contribution in [2.24, 2.45) is 5.73 Å². The molecule has 0 spiro atoms. The van der Waals surface area contributed by atoms with E-state index in [2.05, 4.69) is 24.3 Å². The van der Waals surface area contributed by atoms with Crippen LogP contribution >= 0.6 is 0 Å². The van der Waals surface area contributed by atoms with Crippen LogP contribution in [-0.2, 0) is 24.1 Å². The Morgan fingerprint density at radius 3 is 2.09 bits per heavy atom. The van der Waals surface area contributed by atoms with Crippen molar-refractivity contribution in [2.45, 2.75) is 25.3 Å². The molecule has 0 bridgehead atoms. The van der Waals surface area contributed by atoms with Gasteiger partial charge in [-0.3, -0.25) is 4.79 Å². The number of benzene rings is 2. The van der Waals surface area contributed by atoms with E-state index in [0.717, 1.165) is 31.5 Å². The summed E-state index contributed by atoms with van der Waals surface area (Å²) in [6.45, 7) is 1.52. The molecule has 3 heteroatoms. The van der Waals surface area contributed by atoms with Crippen LogP contribution in [-0.4, -0.2) is 29.9 Å². The molecule has 1 amide bonds. The standard InChI is InChI=1S/C19H22N2O/c20-18(14-15-6-2-1-3-7-15)19(22)21-12-10-16-8-4-5-9-17(16)11-13-21/h1-9,18H,10-14,20H2. The van der Waals surface area contributed by atoms with Crippen LogP contribution in [0.15, 0.2) is 54.6 Å². The molecular weight excluding hydrogens is 272 g/mol. The third-order valence-corrected chi connectivity index (χ3v) is 4.35. The van der Waals surface area contributed by atoms with E-state index >= 15 is 0 Å². The first kappa shape index (κ1) is 14.8. The summed E-state index contributed by atoms with van der Waals surface area (Å²) in [6.07, 6.45) is 2.43. The lowest BCUT2D eigenvalue weighted by atomic mass is 10.0. The first-order chi connectivity index (χ1) is 10.7. The Hall–Kier alpha value is -2.13. The average Bonchev–Trinajstić information content (AvgIpc) is 2.78. The highest BCUT2D eigenvalue weighted by Gasteiger charge is 2.23. The second-order valence-corrected chi connectivity index (χ2v) is 5.89. The molecule has 0 saturated carbocycles. The summed E-state index contributed by atoms with van der Waals surface area (Å²) in [4.78, 5) is 14.5. The molecule has 0 fully saturated rings. The van der Waals surface area contributed by atoms with Crippen LogP contribution in [0.1, 0.15) is 16.7 Å². The topological polar surface area (TPSA) is 46.3 Å². The number of carbonyl (C=O) groups excluding carboxylic acids is 1. The fourth-order valence-electron chi connectivity index (χ4n) is 3.08. The summed E-state index contributed by atoms with van der Waals surface area (Å²) in [5.41, 5.74) is 9.97. The first-order valence-electron chi connectivity index (χ1n) is 7.89. The van der Waals surface area contributed by atoms with E-state index in [1.165, 1.54) is 11.1 Å². The predicted octanol–water partition coefficient (Wildman–Crippen LogP) is 2.18. The molecule has 0 saturated heterocycles. The van der Waals surface area contributed by atoms with Gasteiger partial charge in [0.05, 0.1) is 6.04 Å². The summed E-state index contributed by atoms with van der Waals surface area (Å²) < 4.78 is 0. The van der Waals surface area contributed by atoms with Gasteiger partial charge in [-0.1, -0.05) is 54.6 Å². The molecule has 0 aliphatic carbocycles. The lowest BCUT2D eigenvalue weighted by Gasteiger charge is -2.24. The Morgan fingerprint density at radius 1 is 0.955 bits per heavy atom. The average molecular weight is 294 g/mol. The van der Waals surface area contributed by atoms with Crippen molar-refractivity contribution >= 4 is 5.91 Å². The Bertz CT molecular complexity index is 612. The second-order valence-electron chi connectivity index (χ2n) is 5.89. The minimum atomic E-state index is -0.455. The van der Waals surface area contributed by atoms with Gasteiger partial charge in [0.2, 0.25) is 5.91 Å². The smallest absolute Gasteiger partial charge is 0.239 e. The zero-order valence-electron chi connectivity index (χ0n) is 12.7. The van der Waals surface area contributed by atoms with Gasteiger partial charge >= 0.3 is 0 Å². The molecule has 1 aliphatic rings. The van der Waals surface area contributed by atoms with Crippen molar-refractivity contribution in [2.75, 3.05) is 13.1 Å². The quantitative estimate of drug-likeness (QED) is 0.943. The lowest BCUT2D eigenvalue weighted by Crippen LogP contribution is -2.45. The molecule has 1 atom stereocenters. The van der Waals surface area contributed by atoms with Crippen molar-refractivity contribution in [3.8, 4) is 0 Å². The van der Waals surface area contributed by atoms with Crippen molar-refractivity contribution in [3.63, 3.8) is 0 Å². The van der Waals surface area contributed by atoms with Gasteiger partial charge in [-0.05, 0) is 36.0 Å². The Labute approximate surface area is 131 Å². The minimum Gasteiger partial charge on any atom is -0.341 e. The van der Waals surface area contributed by atoms with Crippen molar-refractivity contribution < 1.29 is 4.79 Å². The van der Waals surface area contributed by atoms with E-state index < -0.39 is 6.04 Å². The van der Waals surface area contributed by atoms with Gasteiger partial charge in [-0.15, -0.1) is 0 Å². The molecule has 1 heterocycles. The summed E-state index contributed by atoms with van der Waals surface area (Å²) in [7, 11) is 0. The van der Waals surface area contributed by atoms with Gasteiger partial charge in [0, 0.05) is 13.1 Å².